The lowest BCUT2D eigenvalue weighted by Gasteiger charge is -2.11. The number of amides is 2. The van der Waals surface area contributed by atoms with Gasteiger partial charge in [0.15, 0.2) is 6.61 Å². The van der Waals surface area contributed by atoms with E-state index in [1.54, 1.807) is 30.3 Å². The highest BCUT2D eigenvalue weighted by molar-refractivity contribution is 8.18. The third-order valence-corrected chi connectivity index (χ3v) is 4.53. The molecule has 1 aliphatic rings. The molecule has 1 aromatic carbocycles. The molecule has 0 radical (unpaired) electrons. The van der Waals surface area contributed by atoms with E-state index in [0.29, 0.717) is 17.2 Å². The molecule has 6 nitrogen and oxygen atoms in total. The standard InChI is InChI=1S/C18H21NO5S/c1-3-4-5-10-19-17(21)15(25-18(19)22)11-13-6-8-14(9-7-13)24-12-16(20)23-2/h6-9,11H,3-5,10,12H2,1-2H3/b15-11-. The molecule has 134 valence electrons. The molecule has 1 aromatic rings. The summed E-state index contributed by atoms with van der Waals surface area (Å²) in [5.74, 6) is -0.173. The molecule has 1 aliphatic heterocycles. The van der Waals surface area contributed by atoms with E-state index in [2.05, 4.69) is 11.7 Å². The number of hydrogen-bond donors (Lipinski definition) is 0. The Morgan fingerprint density at radius 3 is 2.56 bits per heavy atom. The molecular weight excluding hydrogens is 342 g/mol. The first-order chi connectivity index (χ1) is 12.0. The summed E-state index contributed by atoms with van der Waals surface area (Å²) in [7, 11) is 1.30. The van der Waals surface area contributed by atoms with Crippen LogP contribution in [0.3, 0.4) is 0 Å². The Kier molecular flexibility index (Phi) is 7.06. The topological polar surface area (TPSA) is 72.9 Å². The summed E-state index contributed by atoms with van der Waals surface area (Å²) >= 11 is 0.962. The third-order valence-electron chi connectivity index (χ3n) is 3.62. The first-order valence-corrected chi connectivity index (χ1v) is 8.92. The van der Waals surface area contributed by atoms with Crippen molar-refractivity contribution in [2.24, 2.45) is 0 Å². The number of hydrogen-bond acceptors (Lipinski definition) is 6. The van der Waals surface area contributed by atoms with Gasteiger partial charge in [-0.2, -0.15) is 0 Å². The first kappa shape index (κ1) is 19.1. The average molecular weight is 363 g/mol. The maximum absolute atomic E-state index is 12.3. The number of benzene rings is 1. The SMILES string of the molecule is CCCCCN1C(=O)S/C(=C\c2ccc(OCC(=O)OC)cc2)C1=O. The van der Waals surface area contributed by atoms with Crippen molar-refractivity contribution < 1.29 is 23.9 Å². The molecular formula is C18H21NO5S. The fourth-order valence-electron chi connectivity index (χ4n) is 2.23. The van der Waals surface area contributed by atoms with E-state index in [0.717, 1.165) is 36.6 Å². The number of thioether (sulfide) groups is 1. The van der Waals surface area contributed by atoms with Gasteiger partial charge in [-0.25, -0.2) is 4.79 Å². The van der Waals surface area contributed by atoms with E-state index >= 15 is 0 Å². The molecule has 0 N–H and O–H groups in total. The number of ether oxygens (including phenoxy) is 2. The minimum atomic E-state index is -0.458. The molecule has 2 amide bonds. The van der Waals surface area contributed by atoms with E-state index in [1.165, 1.54) is 12.0 Å². The van der Waals surface area contributed by atoms with Gasteiger partial charge in [-0.3, -0.25) is 14.5 Å². The molecule has 1 fully saturated rings. The first-order valence-electron chi connectivity index (χ1n) is 8.10. The quantitative estimate of drug-likeness (QED) is 0.400. The van der Waals surface area contributed by atoms with Crippen LogP contribution in [0.2, 0.25) is 0 Å². The largest absolute Gasteiger partial charge is 0.482 e. The lowest BCUT2D eigenvalue weighted by atomic mass is 10.2. The number of rotatable bonds is 8. The summed E-state index contributed by atoms with van der Waals surface area (Å²) in [5.41, 5.74) is 0.782. The van der Waals surface area contributed by atoms with Gasteiger partial charge < -0.3 is 9.47 Å². The van der Waals surface area contributed by atoms with Crippen LogP contribution in [-0.4, -0.2) is 42.3 Å². The number of carbonyl (C=O) groups excluding carboxylic acids is 3. The Hall–Kier alpha value is -2.28. The monoisotopic (exact) mass is 363 g/mol. The van der Waals surface area contributed by atoms with Gasteiger partial charge in [-0.15, -0.1) is 0 Å². The van der Waals surface area contributed by atoms with Crippen molar-refractivity contribution in [2.45, 2.75) is 26.2 Å². The molecule has 2 rings (SSSR count). The molecule has 0 atom stereocenters. The highest BCUT2D eigenvalue weighted by Crippen LogP contribution is 2.32. The summed E-state index contributed by atoms with van der Waals surface area (Å²) in [6.07, 6.45) is 4.55. The number of nitrogens with zero attached hydrogens (tertiary/aromatic N) is 1. The molecule has 0 spiro atoms. The molecule has 0 aromatic heterocycles. The Morgan fingerprint density at radius 1 is 1.20 bits per heavy atom. The van der Waals surface area contributed by atoms with Crippen LogP contribution in [0.5, 0.6) is 5.75 Å². The van der Waals surface area contributed by atoms with Crippen LogP contribution in [0.1, 0.15) is 31.7 Å². The number of imide groups is 1. The molecule has 1 heterocycles. The Morgan fingerprint density at radius 2 is 1.92 bits per heavy atom. The summed E-state index contributed by atoms with van der Waals surface area (Å²) in [4.78, 5) is 37.1. The Labute approximate surface area is 151 Å². The molecule has 0 aliphatic carbocycles. The Balaban J connectivity index is 1.99. The number of carbonyl (C=O) groups is 3. The summed E-state index contributed by atoms with van der Waals surface area (Å²) < 4.78 is 9.77. The molecule has 25 heavy (non-hydrogen) atoms. The maximum Gasteiger partial charge on any atom is 0.343 e. The predicted molar refractivity (Wildman–Crippen MR) is 96.2 cm³/mol. The van der Waals surface area contributed by atoms with E-state index in [-0.39, 0.29) is 17.8 Å². The van der Waals surface area contributed by atoms with Crippen molar-refractivity contribution in [3.8, 4) is 5.75 Å². The average Bonchev–Trinajstić information content (AvgIpc) is 2.88. The van der Waals surface area contributed by atoms with Crippen LogP contribution < -0.4 is 4.74 Å². The number of methoxy groups -OCH3 is 1. The molecule has 0 bridgehead atoms. The number of unbranched alkanes of at least 4 members (excludes halogenated alkanes) is 2. The van der Waals surface area contributed by atoms with E-state index in [4.69, 9.17) is 4.74 Å². The van der Waals surface area contributed by atoms with Gasteiger partial charge in [-0.05, 0) is 42.0 Å². The Bertz CT molecular complexity index is 669. The van der Waals surface area contributed by atoms with Crippen molar-refractivity contribution in [1.29, 1.82) is 0 Å². The van der Waals surface area contributed by atoms with Gasteiger partial charge in [0.25, 0.3) is 11.1 Å². The van der Waals surface area contributed by atoms with E-state index in [1.807, 2.05) is 0 Å². The smallest absolute Gasteiger partial charge is 0.343 e. The van der Waals surface area contributed by atoms with Gasteiger partial charge in [0.1, 0.15) is 5.75 Å². The van der Waals surface area contributed by atoms with Gasteiger partial charge in [0.05, 0.1) is 12.0 Å². The summed E-state index contributed by atoms with van der Waals surface area (Å²) in [5, 5.41) is -0.217. The van der Waals surface area contributed by atoms with Crippen LogP contribution in [0.15, 0.2) is 29.2 Å². The molecule has 0 unspecified atom stereocenters. The lowest BCUT2D eigenvalue weighted by Crippen LogP contribution is -2.29. The minimum absolute atomic E-state index is 0.160. The highest BCUT2D eigenvalue weighted by Gasteiger charge is 2.34. The second-order valence-electron chi connectivity index (χ2n) is 5.47. The zero-order valence-electron chi connectivity index (χ0n) is 14.3. The minimum Gasteiger partial charge on any atom is -0.482 e. The highest BCUT2D eigenvalue weighted by atomic mass is 32.2. The van der Waals surface area contributed by atoms with Gasteiger partial charge in [-0.1, -0.05) is 31.9 Å². The maximum atomic E-state index is 12.3. The normalized spacial score (nSPS) is 15.8. The van der Waals surface area contributed by atoms with Gasteiger partial charge in [0.2, 0.25) is 0 Å². The fourth-order valence-corrected chi connectivity index (χ4v) is 3.09. The molecule has 0 saturated carbocycles. The summed E-state index contributed by atoms with van der Waals surface area (Å²) in [6, 6.07) is 6.91. The number of esters is 1. The van der Waals surface area contributed by atoms with Crippen molar-refractivity contribution in [2.75, 3.05) is 20.3 Å². The van der Waals surface area contributed by atoms with Gasteiger partial charge in [0, 0.05) is 6.54 Å². The zero-order valence-corrected chi connectivity index (χ0v) is 15.1. The molecule has 7 heteroatoms. The van der Waals surface area contributed by atoms with Crippen molar-refractivity contribution in [1.82, 2.24) is 4.90 Å². The predicted octanol–water partition coefficient (Wildman–Crippen LogP) is 3.46. The second-order valence-corrected chi connectivity index (χ2v) is 6.47. The molecule has 1 saturated heterocycles. The fraction of sp³-hybridized carbons (Fsp3) is 0.389. The lowest BCUT2D eigenvalue weighted by molar-refractivity contribution is -0.142. The van der Waals surface area contributed by atoms with Gasteiger partial charge >= 0.3 is 5.97 Å². The van der Waals surface area contributed by atoms with E-state index < -0.39 is 5.97 Å². The van der Waals surface area contributed by atoms with Crippen LogP contribution in [0.25, 0.3) is 6.08 Å². The summed E-state index contributed by atoms with van der Waals surface area (Å²) in [6.45, 7) is 2.38. The van der Waals surface area contributed by atoms with Crippen LogP contribution in [-0.2, 0) is 14.3 Å². The third kappa shape index (κ3) is 5.35. The van der Waals surface area contributed by atoms with Crippen LogP contribution in [0.4, 0.5) is 4.79 Å². The van der Waals surface area contributed by atoms with Crippen molar-refractivity contribution in [3.63, 3.8) is 0 Å². The van der Waals surface area contributed by atoms with Crippen LogP contribution >= 0.6 is 11.8 Å². The zero-order chi connectivity index (χ0) is 18.2. The second kappa shape index (κ2) is 9.27. The van der Waals surface area contributed by atoms with Crippen molar-refractivity contribution >= 4 is 35.0 Å². The van der Waals surface area contributed by atoms with Crippen molar-refractivity contribution in [3.05, 3.63) is 34.7 Å². The van der Waals surface area contributed by atoms with Crippen LogP contribution in [0, 0.1) is 0 Å². The van der Waals surface area contributed by atoms with E-state index in [9.17, 15) is 14.4 Å².